The molecule has 0 N–H and O–H groups in total. The van der Waals surface area contributed by atoms with Gasteiger partial charge in [-0.25, -0.2) is 4.79 Å². The lowest BCUT2D eigenvalue weighted by Crippen LogP contribution is -2.34. The minimum atomic E-state index is -0.748. The highest BCUT2D eigenvalue weighted by atomic mass is 32.2. The van der Waals surface area contributed by atoms with Crippen LogP contribution in [0.1, 0.15) is 58.3 Å². The number of amides is 2. The first-order valence-corrected chi connectivity index (χ1v) is 13.2. The second-order valence-corrected chi connectivity index (χ2v) is 10.4. The number of hydrogen-bond acceptors (Lipinski definition) is 7. The minimum Gasteiger partial charge on any atom is -0.452 e. The summed E-state index contributed by atoms with van der Waals surface area (Å²) in [5.41, 5.74) is 1.21. The van der Waals surface area contributed by atoms with Crippen LogP contribution in [0, 0.1) is 0 Å². The number of thioether (sulfide) groups is 2. The Labute approximate surface area is 204 Å². The van der Waals surface area contributed by atoms with Crippen LogP contribution in [0.15, 0.2) is 51.2 Å². The van der Waals surface area contributed by atoms with E-state index in [-0.39, 0.29) is 4.32 Å². The van der Waals surface area contributed by atoms with Gasteiger partial charge >= 0.3 is 6.09 Å². The van der Waals surface area contributed by atoms with Crippen molar-refractivity contribution in [3.63, 3.8) is 0 Å². The molecule has 3 rings (SSSR count). The number of anilines is 1. The van der Waals surface area contributed by atoms with Crippen molar-refractivity contribution in [1.29, 1.82) is 0 Å². The second-order valence-electron chi connectivity index (χ2n) is 7.71. The van der Waals surface area contributed by atoms with Crippen LogP contribution in [0.3, 0.4) is 0 Å². The molecule has 2 amide bonds. The average Bonchev–Trinajstić information content (AvgIpc) is 3.29. The summed E-state index contributed by atoms with van der Waals surface area (Å²) in [4.78, 5) is 29.2. The van der Waals surface area contributed by atoms with Gasteiger partial charge in [0.25, 0.3) is 5.91 Å². The fourth-order valence-electron chi connectivity index (χ4n) is 3.69. The highest BCUT2D eigenvalue weighted by molar-refractivity contribution is 8.26. The largest absolute Gasteiger partial charge is 0.452 e. The quantitative estimate of drug-likeness (QED) is 0.197. The van der Waals surface area contributed by atoms with Gasteiger partial charge in [0.05, 0.1) is 22.7 Å². The number of unbranched alkanes of at least 4 members (excludes halogenated alkanes) is 7. The number of para-hydroxylation sites is 1. The molecule has 0 unspecified atom stereocenters. The van der Waals surface area contributed by atoms with Gasteiger partial charge in [-0.1, -0.05) is 99.7 Å². The fourth-order valence-corrected chi connectivity index (χ4v) is 5.96. The Hall–Kier alpha value is -1.77. The minimum absolute atomic E-state index is 0.199. The maximum Gasteiger partial charge on any atom is 0.422 e. The van der Waals surface area contributed by atoms with Crippen LogP contribution < -0.4 is 4.90 Å². The SMILES string of the molecule is CCCCCCCCCCN1/C(=C\C=C2\SC(=S)N(C(=O)OC)C2=O)Sc2ccccc21. The Kier molecular flexibility index (Phi) is 9.69. The average molecular weight is 491 g/mol. The van der Waals surface area contributed by atoms with E-state index in [2.05, 4.69) is 34.8 Å². The molecule has 2 aliphatic heterocycles. The van der Waals surface area contributed by atoms with Crippen LogP contribution in [-0.4, -0.2) is 34.9 Å². The summed E-state index contributed by atoms with van der Waals surface area (Å²) in [6, 6.07) is 8.37. The van der Waals surface area contributed by atoms with Gasteiger partial charge in [0, 0.05) is 11.4 Å². The Balaban J connectivity index is 1.64. The van der Waals surface area contributed by atoms with E-state index < -0.39 is 12.0 Å². The van der Waals surface area contributed by atoms with E-state index in [4.69, 9.17) is 12.2 Å². The van der Waals surface area contributed by atoms with Gasteiger partial charge in [0.2, 0.25) is 0 Å². The lowest BCUT2D eigenvalue weighted by Gasteiger charge is -2.20. The highest BCUT2D eigenvalue weighted by Crippen LogP contribution is 2.46. The van der Waals surface area contributed by atoms with Crippen LogP contribution in [-0.2, 0) is 9.53 Å². The smallest absolute Gasteiger partial charge is 0.422 e. The molecule has 5 nitrogen and oxygen atoms in total. The second kappa shape index (κ2) is 12.5. The summed E-state index contributed by atoms with van der Waals surface area (Å²) in [6.07, 6.45) is 13.2. The van der Waals surface area contributed by atoms with Crippen LogP contribution in [0.4, 0.5) is 10.5 Å². The molecule has 0 bridgehead atoms. The number of imide groups is 1. The third kappa shape index (κ3) is 6.17. The van der Waals surface area contributed by atoms with E-state index in [0.717, 1.165) is 34.7 Å². The van der Waals surface area contributed by atoms with Crippen molar-refractivity contribution in [2.45, 2.75) is 63.2 Å². The van der Waals surface area contributed by atoms with E-state index in [1.807, 2.05) is 12.1 Å². The predicted molar refractivity (Wildman–Crippen MR) is 138 cm³/mol. The molecule has 0 aliphatic carbocycles. The number of ether oxygens (including phenoxy) is 1. The summed E-state index contributed by atoms with van der Waals surface area (Å²) in [6.45, 7) is 3.19. The van der Waals surface area contributed by atoms with Gasteiger partial charge in [0.1, 0.15) is 0 Å². The summed E-state index contributed by atoms with van der Waals surface area (Å²) in [5.74, 6) is -0.432. The highest BCUT2D eigenvalue weighted by Gasteiger charge is 2.37. The standard InChI is InChI=1S/C24H30N2O3S3/c1-3-4-5-6-7-8-9-12-17-25-18-13-10-11-14-19(18)31-21(25)16-15-20-22(27)26(23(28)29-2)24(30)32-20/h10-11,13-16H,3-9,12,17H2,1-2H3/b20-15+,21-16+. The molecule has 1 saturated heterocycles. The monoisotopic (exact) mass is 490 g/mol. The van der Waals surface area contributed by atoms with Crippen molar-refractivity contribution >= 4 is 57.7 Å². The number of carbonyl (C=O) groups excluding carboxylic acids is 2. The van der Waals surface area contributed by atoms with Crippen molar-refractivity contribution in [2.24, 2.45) is 0 Å². The molecule has 1 aromatic carbocycles. The van der Waals surface area contributed by atoms with Crippen LogP contribution >= 0.6 is 35.7 Å². The molecular weight excluding hydrogens is 460 g/mol. The molecule has 2 aliphatic rings. The molecule has 32 heavy (non-hydrogen) atoms. The first-order valence-electron chi connectivity index (χ1n) is 11.2. The van der Waals surface area contributed by atoms with Crippen molar-refractivity contribution < 1.29 is 14.3 Å². The zero-order chi connectivity index (χ0) is 22.9. The molecular formula is C24H30N2O3S3. The van der Waals surface area contributed by atoms with Crippen LogP contribution in [0.25, 0.3) is 0 Å². The molecule has 172 valence electrons. The molecule has 2 heterocycles. The third-order valence-corrected chi connectivity index (χ3v) is 7.85. The molecule has 0 aromatic heterocycles. The molecule has 1 fully saturated rings. The molecule has 8 heteroatoms. The van der Waals surface area contributed by atoms with E-state index >= 15 is 0 Å². The zero-order valence-electron chi connectivity index (χ0n) is 18.7. The maximum atomic E-state index is 12.6. The van der Waals surface area contributed by atoms with Crippen molar-refractivity contribution in [3.05, 3.63) is 46.4 Å². The van der Waals surface area contributed by atoms with Gasteiger partial charge in [-0.3, -0.25) is 4.79 Å². The third-order valence-electron chi connectivity index (χ3n) is 5.40. The lowest BCUT2D eigenvalue weighted by molar-refractivity contribution is -0.120. The topological polar surface area (TPSA) is 49.9 Å². The number of allylic oxidation sites excluding steroid dienone is 2. The Morgan fingerprint density at radius 1 is 1.03 bits per heavy atom. The first-order chi connectivity index (χ1) is 15.6. The molecule has 1 aromatic rings. The normalized spacial score (nSPS) is 18.2. The maximum absolute atomic E-state index is 12.6. The number of thiocarbonyl (C=S) groups is 1. The number of rotatable bonds is 10. The van der Waals surface area contributed by atoms with Gasteiger partial charge in [-0.05, 0) is 30.7 Å². The summed E-state index contributed by atoms with van der Waals surface area (Å²) in [5, 5.41) is 1.08. The van der Waals surface area contributed by atoms with Gasteiger partial charge in [-0.15, -0.1) is 0 Å². The van der Waals surface area contributed by atoms with E-state index in [1.54, 1.807) is 17.8 Å². The molecule has 0 saturated carbocycles. The lowest BCUT2D eigenvalue weighted by atomic mass is 10.1. The Morgan fingerprint density at radius 2 is 1.72 bits per heavy atom. The number of hydrogen-bond donors (Lipinski definition) is 0. The molecule has 0 atom stereocenters. The summed E-state index contributed by atoms with van der Waals surface area (Å²) in [7, 11) is 1.24. The Bertz CT molecular complexity index is 914. The molecule has 0 radical (unpaired) electrons. The fraction of sp³-hybridized carbons (Fsp3) is 0.458. The van der Waals surface area contributed by atoms with Crippen molar-refractivity contribution in [2.75, 3.05) is 18.6 Å². The van der Waals surface area contributed by atoms with E-state index in [9.17, 15) is 9.59 Å². The van der Waals surface area contributed by atoms with Gasteiger partial charge in [-0.2, -0.15) is 4.90 Å². The van der Waals surface area contributed by atoms with Crippen molar-refractivity contribution in [3.8, 4) is 0 Å². The van der Waals surface area contributed by atoms with Crippen molar-refractivity contribution in [1.82, 2.24) is 4.90 Å². The van der Waals surface area contributed by atoms with Crippen LogP contribution in [0.5, 0.6) is 0 Å². The van der Waals surface area contributed by atoms with E-state index in [0.29, 0.717) is 4.91 Å². The van der Waals surface area contributed by atoms with Gasteiger partial charge < -0.3 is 9.64 Å². The van der Waals surface area contributed by atoms with Crippen LogP contribution in [0.2, 0.25) is 0 Å². The number of methoxy groups -OCH3 is 1. The van der Waals surface area contributed by atoms with Gasteiger partial charge in [0.15, 0.2) is 4.32 Å². The first kappa shape index (κ1) is 24.9. The zero-order valence-corrected chi connectivity index (χ0v) is 21.1. The summed E-state index contributed by atoms with van der Waals surface area (Å²) < 4.78 is 4.86. The number of fused-ring (bicyclic) bond motifs is 1. The number of carbonyl (C=O) groups is 2. The molecule has 0 spiro atoms. The Morgan fingerprint density at radius 3 is 2.44 bits per heavy atom. The van der Waals surface area contributed by atoms with E-state index in [1.165, 1.54) is 62.6 Å². The number of nitrogens with zero attached hydrogens (tertiary/aromatic N) is 2. The number of benzene rings is 1. The summed E-state index contributed by atoms with van der Waals surface area (Å²) >= 11 is 8.00. The predicted octanol–water partition coefficient (Wildman–Crippen LogP) is 7.09.